The first kappa shape index (κ1) is 53.1. The number of anilines is 2. The minimum atomic E-state index is -0.524. The number of aromatic hydroxyl groups is 3. The molecule has 4 N–H and O–H groups in total. The number of aromatic nitrogens is 4. The molecule has 11 nitrogen and oxygen atoms in total. The summed E-state index contributed by atoms with van der Waals surface area (Å²) in [6.45, 7) is 11.6. The Hall–Kier alpha value is -7.69. The van der Waals surface area contributed by atoms with Crippen molar-refractivity contribution in [1.82, 2.24) is 19.9 Å². The lowest BCUT2D eigenvalue weighted by molar-refractivity contribution is 0.0589. The molecule has 6 aromatic carbocycles. The fourth-order valence-corrected chi connectivity index (χ4v) is 10.4. The number of benzene rings is 6. The summed E-state index contributed by atoms with van der Waals surface area (Å²) in [5, 5.41) is 35.2. The average molecular weight is 1050 g/mol. The van der Waals surface area contributed by atoms with E-state index in [4.69, 9.17) is 9.84 Å². The maximum Gasteiger partial charge on any atom is 0.414 e. The first-order valence-electron chi connectivity index (χ1n) is 23.1. The topological polar surface area (TPSA) is 154 Å². The third-order valence-corrected chi connectivity index (χ3v) is 14.2. The number of hydrogen-bond donors (Lipinski definition) is 4. The fraction of sp³-hybridized carbons (Fsp3) is 0.155. The molecule has 15 heteroatoms. The number of carbonyl (C=O) groups excluding carboxylic acids is 1. The molecule has 0 saturated carbocycles. The maximum absolute atomic E-state index is 12.1. The summed E-state index contributed by atoms with van der Waals surface area (Å²) in [6, 6.07) is 37.8. The SMILES string of the molecule is CN(C(=O)OC(C)(C)C)c1ccc(/C=C/C=C/c2nc3ccc(O)cc3s2)cc1.CNc1ccc(/C=C/C=C/c2nc3ccc(O)cc3s2)cc1.Cc1ccc2nc(C)sc2c1.Cc1nc2ccc(O)cc2s1. The van der Waals surface area contributed by atoms with Crippen LogP contribution in [0, 0.1) is 20.8 Å². The van der Waals surface area contributed by atoms with Gasteiger partial charge in [0.2, 0.25) is 0 Å². The van der Waals surface area contributed by atoms with Gasteiger partial charge in [0.05, 0.1) is 50.9 Å². The van der Waals surface area contributed by atoms with Crippen LogP contribution in [0.3, 0.4) is 0 Å². The molecule has 0 unspecified atom stereocenters. The van der Waals surface area contributed by atoms with E-state index >= 15 is 0 Å². The highest BCUT2D eigenvalue weighted by atomic mass is 32.1. The van der Waals surface area contributed by atoms with Crippen LogP contribution in [0.25, 0.3) is 65.2 Å². The molecule has 10 aromatic rings. The molecule has 0 saturated heterocycles. The molecule has 0 bridgehead atoms. The molecule has 0 atom stereocenters. The third-order valence-electron chi connectivity index (χ3n) is 10.3. The van der Waals surface area contributed by atoms with Gasteiger partial charge in [-0.2, -0.15) is 0 Å². The van der Waals surface area contributed by atoms with Crippen LogP contribution >= 0.6 is 45.3 Å². The van der Waals surface area contributed by atoms with E-state index in [2.05, 4.69) is 68.6 Å². The molecule has 4 heterocycles. The Morgan fingerprint density at radius 3 is 1.38 bits per heavy atom. The second kappa shape index (κ2) is 24.6. The second-order valence-corrected chi connectivity index (χ2v) is 22.0. The van der Waals surface area contributed by atoms with Gasteiger partial charge in [0, 0.05) is 25.5 Å². The first-order valence-corrected chi connectivity index (χ1v) is 26.4. The van der Waals surface area contributed by atoms with Crippen molar-refractivity contribution < 1.29 is 24.9 Å². The van der Waals surface area contributed by atoms with E-state index < -0.39 is 5.60 Å². The summed E-state index contributed by atoms with van der Waals surface area (Å²) >= 11 is 6.44. The van der Waals surface area contributed by atoms with Crippen LogP contribution < -0.4 is 10.2 Å². The molecule has 1 amide bonds. The summed E-state index contributed by atoms with van der Waals surface area (Å²) in [7, 11) is 3.60. The highest BCUT2D eigenvalue weighted by molar-refractivity contribution is 7.20. The van der Waals surface area contributed by atoms with Crippen LogP contribution in [-0.2, 0) is 4.74 Å². The van der Waals surface area contributed by atoms with Crippen molar-refractivity contribution in [3.63, 3.8) is 0 Å². The van der Waals surface area contributed by atoms with Gasteiger partial charge in [0.1, 0.15) is 32.9 Å². The molecule has 0 aliphatic rings. The Bertz CT molecular complexity index is 3500. The van der Waals surface area contributed by atoms with Gasteiger partial charge >= 0.3 is 6.09 Å². The monoisotopic (exact) mass is 1040 g/mol. The number of phenols is 3. The molecule has 0 spiro atoms. The number of nitrogens with zero attached hydrogens (tertiary/aromatic N) is 5. The molecule has 372 valence electrons. The van der Waals surface area contributed by atoms with Crippen LogP contribution in [-0.4, -0.2) is 61.0 Å². The Morgan fingerprint density at radius 1 is 0.534 bits per heavy atom. The number of nitrogens with one attached hydrogen (secondary N) is 1. The standard InChI is InChI=1S/C23H24N2O3S.C18H16N2OS.C9H9NS.C8H7NOS/c1-23(2,3)28-22(27)25(4)17-11-9-16(10-12-17)7-5-6-8-21-24-19-14-13-18(26)15-20(19)29-21;1-19-14-8-6-13(7-9-14)4-2-3-5-18-20-16-11-10-15(21)12-17(16)22-18;1-6-3-4-8-9(5-6)11-7(2)10-8;1-5-9-7-3-2-6(10)4-8(7)11-5/h5-15,26H,1-4H3;2-12,19,21H,1H3;3-5H,1-2H3;2-4,10H,1H3/b7-5+,8-6+;4-2+,5-3+;;. The number of thiazole rings is 4. The lowest BCUT2D eigenvalue weighted by atomic mass is 10.2. The van der Waals surface area contributed by atoms with E-state index in [0.717, 1.165) is 78.7 Å². The quantitative estimate of drug-likeness (QED) is 0.108. The van der Waals surface area contributed by atoms with Gasteiger partial charge in [-0.15, -0.1) is 45.3 Å². The molecule has 0 radical (unpaired) electrons. The highest BCUT2D eigenvalue weighted by Crippen LogP contribution is 2.29. The molecule has 0 aliphatic carbocycles. The maximum atomic E-state index is 12.1. The predicted octanol–water partition coefficient (Wildman–Crippen LogP) is 16.1. The molecule has 0 fully saturated rings. The molecule has 10 rings (SSSR count). The summed E-state index contributed by atoms with van der Waals surface area (Å²) in [5.74, 6) is 0.829. The molecular weight excluding hydrogens is 989 g/mol. The van der Waals surface area contributed by atoms with E-state index in [1.807, 2.05) is 139 Å². The lowest BCUT2D eigenvalue weighted by Gasteiger charge is -2.24. The van der Waals surface area contributed by atoms with Crippen molar-refractivity contribution >= 4 is 128 Å². The number of ether oxygens (including phenoxy) is 1. The lowest BCUT2D eigenvalue weighted by Crippen LogP contribution is -2.34. The van der Waals surface area contributed by atoms with E-state index in [9.17, 15) is 15.0 Å². The van der Waals surface area contributed by atoms with E-state index in [-0.39, 0.29) is 17.6 Å². The summed E-state index contributed by atoms with van der Waals surface area (Å²) in [4.78, 5) is 31.3. The van der Waals surface area contributed by atoms with Gasteiger partial charge in [0.15, 0.2) is 0 Å². The van der Waals surface area contributed by atoms with Crippen molar-refractivity contribution in [3.05, 3.63) is 182 Å². The van der Waals surface area contributed by atoms with Gasteiger partial charge < -0.3 is 25.4 Å². The Balaban J connectivity index is 0.000000154. The zero-order chi connectivity index (χ0) is 52.1. The van der Waals surface area contributed by atoms with Crippen LogP contribution in [0.15, 0.2) is 146 Å². The van der Waals surface area contributed by atoms with Crippen molar-refractivity contribution in [2.75, 3.05) is 24.3 Å². The average Bonchev–Trinajstić information content (AvgIpc) is 4.15. The minimum absolute atomic E-state index is 0.248. The number of allylic oxidation sites excluding steroid dienone is 4. The van der Waals surface area contributed by atoms with Crippen LogP contribution in [0.2, 0.25) is 0 Å². The summed E-state index contributed by atoms with van der Waals surface area (Å²) in [5.41, 5.74) is 8.70. The van der Waals surface area contributed by atoms with Gasteiger partial charge in [-0.1, -0.05) is 66.8 Å². The molecule has 0 aliphatic heterocycles. The Labute approximate surface area is 441 Å². The van der Waals surface area contributed by atoms with E-state index in [0.29, 0.717) is 5.75 Å². The number of rotatable bonds is 8. The molecule has 4 aromatic heterocycles. The zero-order valence-electron chi connectivity index (χ0n) is 41.7. The summed E-state index contributed by atoms with van der Waals surface area (Å²) in [6.07, 6.45) is 15.4. The van der Waals surface area contributed by atoms with Gasteiger partial charge in [0.25, 0.3) is 0 Å². The number of phenolic OH excluding ortho intramolecular Hbond substituents is 3. The van der Waals surface area contributed by atoms with Crippen LogP contribution in [0.1, 0.15) is 57.5 Å². The van der Waals surface area contributed by atoms with Crippen LogP contribution in [0.5, 0.6) is 17.2 Å². The fourth-order valence-electron chi connectivity index (χ4n) is 6.80. The van der Waals surface area contributed by atoms with Crippen molar-refractivity contribution in [3.8, 4) is 17.2 Å². The normalized spacial score (nSPS) is 11.6. The Kier molecular flexibility index (Phi) is 17.9. The molecular formula is C58H56N6O5S4. The summed E-state index contributed by atoms with van der Waals surface area (Å²) < 4.78 is 9.67. The largest absolute Gasteiger partial charge is 0.508 e. The zero-order valence-corrected chi connectivity index (χ0v) is 45.0. The minimum Gasteiger partial charge on any atom is -0.508 e. The second-order valence-electron chi connectivity index (χ2n) is 17.4. The number of aryl methyl sites for hydroxylation is 3. The first-order chi connectivity index (χ1) is 35.0. The van der Waals surface area contributed by atoms with E-state index in [1.165, 1.54) is 26.5 Å². The Morgan fingerprint density at radius 2 is 0.932 bits per heavy atom. The highest BCUT2D eigenvalue weighted by Gasteiger charge is 2.20. The van der Waals surface area contributed by atoms with Crippen molar-refractivity contribution in [2.45, 2.75) is 47.1 Å². The smallest absolute Gasteiger partial charge is 0.414 e. The number of fused-ring (bicyclic) bond motifs is 4. The number of amides is 1. The number of carbonyl (C=O) groups is 1. The third kappa shape index (κ3) is 15.9. The van der Waals surface area contributed by atoms with Crippen molar-refractivity contribution in [2.24, 2.45) is 0 Å². The van der Waals surface area contributed by atoms with E-state index in [1.54, 1.807) is 77.5 Å². The molecule has 73 heavy (non-hydrogen) atoms. The predicted molar refractivity (Wildman–Crippen MR) is 311 cm³/mol. The van der Waals surface area contributed by atoms with Crippen molar-refractivity contribution in [1.29, 1.82) is 0 Å². The van der Waals surface area contributed by atoms with Crippen LogP contribution in [0.4, 0.5) is 16.2 Å². The van der Waals surface area contributed by atoms with Gasteiger partial charge in [-0.3, -0.25) is 4.90 Å². The number of hydrogen-bond acceptors (Lipinski definition) is 14. The van der Waals surface area contributed by atoms with Gasteiger partial charge in [-0.05, 0) is 161 Å². The van der Waals surface area contributed by atoms with Gasteiger partial charge in [-0.25, -0.2) is 24.7 Å².